The molecule has 8 rings (SSSR count). The molecule has 3 aliphatic heterocycles. The van der Waals surface area contributed by atoms with Gasteiger partial charge in [0.05, 0.1) is 34.3 Å². The predicted octanol–water partition coefficient (Wildman–Crippen LogP) is 7.50. The normalized spacial score (nSPS) is 18.0. The third kappa shape index (κ3) is 6.29. The van der Waals surface area contributed by atoms with Gasteiger partial charge in [-0.2, -0.15) is 15.2 Å². The first kappa shape index (κ1) is 35.3. The summed E-state index contributed by atoms with van der Waals surface area (Å²) < 4.78 is 55.4. The van der Waals surface area contributed by atoms with Crippen LogP contribution >= 0.6 is 22.9 Å². The minimum absolute atomic E-state index is 0.0352. The first-order valence-corrected chi connectivity index (χ1v) is 17.5. The number of alkyl halides is 1. The van der Waals surface area contributed by atoms with Crippen molar-refractivity contribution in [3.63, 3.8) is 0 Å². The Morgan fingerprint density at radius 1 is 1.16 bits per heavy atom. The van der Waals surface area contributed by atoms with E-state index in [0.29, 0.717) is 37.3 Å². The summed E-state index contributed by atoms with van der Waals surface area (Å²) in [6.07, 6.45) is 4.40. The van der Waals surface area contributed by atoms with Crippen molar-refractivity contribution in [3.8, 4) is 29.0 Å². The van der Waals surface area contributed by atoms with Gasteiger partial charge in [0, 0.05) is 41.8 Å². The van der Waals surface area contributed by atoms with Crippen molar-refractivity contribution in [2.45, 2.75) is 51.9 Å². The number of ether oxygens (including phenoxy) is 2. The van der Waals surface area contributed by atoms with Crippen LogP contribution in [-0.4, -0.2) is 65.4 Å². The van der Waals surface area contributed by atoms with E-state index in [4.69, 9.17) is 32.5 Å². The van der Waals surface area contributed by atoms with Crippen molar-refractivity contribution < 1.29 is 22.6 Å². The lowest BCUT2D eigenvalue weighted by Gasteiger charge is -2.23. The van der Waals surface area contributed by atoms with E-state index in [0.717, 1.165) is 29.9 Å². The number of hydrogen-bond donors (Lipinski definition) is 2. The first-order chi connectivity index (χ1) is 24.2. The van der Waals surface area contributed by atoms with Crippen molar-refractivity contribution >= 4 is 60.6 Å². The van der Waals surface area contributed by atoms with E-state index in [1.54, 1.807) is 12.3 Å². The summed E-state index contributed by atoms with van der Waals surface area (Å²) in [5.41, 5.74) is 12.8. The van der Waals surface area contributed by atoms with Gasteiger partial charge in [-0.15, -0.1) is 11.3 Å². The Labute approximate surface area is 296 Å². The van der Waals surface area contributed by atoms with Crippen LogP contribution in [0.25, 0.3) is 32.1 Å². The second-order valence-electron chi connectivity index (χ2n) is 11.8. The minimum Gasteiger partial charge on any atom is -0.489 e. The van der Waals surface area contributed by atoms with Gasteiger partial charge in [0.1, 0.15) is 46.8 Å². The van der Waals surface area contributed by atoms with Crippen molar-refractivity contribution in [1.82, 2.24) is 19.9 Å². The summed E-state index contributed by atoms with van der Waals surface area (Å²) in [5.74, 6) is -0.560. The lowest BCUT2D eigenvalue weighted by molar-refractivity contribution is 0.292. The molecular formula is C35H36ClF3N8O2S. The maximum atomic E-state index is 16.5. The first-order valence-electron chi connectivity index (χ1n) is 16.3. The van der Waals surface area contributed by atoms with Crippen LogP contribution in [0.3, 0.4) is 0 Å². The van der Waals surface area contributed by atoms with Crippen molar-refractivity contribution in [3.05, 3.63) is 58.2 Å². The number of hydrogen-bond acceptors (Lipinski definition) is 11. The van der Waals surface area contributed by atoms with Gasteiger partial charge in [0.15, 0.2) is 11.6 Å². The molecule has 10 nitrogen and oxygen atoms in total. The molecule has 4 N–H and O–H groups in total. The quantitative estimate of drug-likeness (QED) is 0.192. The molecule has 6 heterocycles. The largest absolute Gasteiger partial charge is 0.489 e. The summed E-state index contributed by atoms with van der Waals surface area (Å²) in [7, 11) is 1.37. The van der Waals surface area contributed by atoms with E-state index in [2.05, 4.69) is 19.9 Å². The summed E-state index contributed by atoms with van der Waals surface area (Å²) in [6, 6.07) is 8.67. The van der Waals surface area contributed by atoms with Gasteiger partial charge in [-0.25, -0.2) is 18.2 Å². The van der Waals surface area contributed by atoms with Gasteiger partial charge in [-0.05, 0) is 43.5 Å². The minimum atomic E-state index is -0.811. The second-order valence-corrected chi connectivity index (χ2v) is 13.2. The Morgan fingerprint density at radius 3 is 2.68 bits per heavy atom. The molecule has 3 aromatic heterocycles. The van der Waals surface area contributed by atoms with Gasteiger partial charge >= 0.3 is 6.01 Å². The summed E-state index contributed by atoms with van der Waals surface area (Å²) in [4.78, 5) is 17.1. The number of nitrogens with zero attached hydrogens (tertiary/aromatic N) is 6. The van der Waals surface area contributed by atoms with Crippen LogP contribution in [0.1, 0.15) is 44.2 Å². The fourth-order valence-corrected chi connectivity index (χ4v) is 8.05. The van der Waals surface area contributed by atoms with Crippen molar-refractivity contribution in [1.29, 1.82) is 5.26 Å². The van der Waals surface area contributed by atoms with Crippen LogP contribution in [0.15, 0.2) is 30.5 Å². The summed E-state index contributed by atoms with van der Waals surface area (Å²) >= 11 is 7.76. The number of anilines is 3. The number of nitrogen functional groups attached to an aromatic ring is 2. The van der Waals surface area contributed by atoms with Crippen molar-refractivity contribution in [2.24, 2.45) is 0 Å². The maximum absolute atomic E-state index is 16.5. The average molecular weight is 725 g/mol. The third-order valence-electron chi connectivity index (χ3n) is 8.98. The summed E-state index contributed by atoms with van der Waals surface area (Å²) in [5, 5.41) is 10.2. The molecule has 0 bridgehead atoms. The van der Waals surface area contributed by atoms with Gasteiger partial charge in [-0.3, -0.25) is 4.90 Å². The van der Waals surface area contributed by atoms with Crippen LogP contribution in [0, 0.1) is 23.0 Å². The van der Waals surface area contributed by atoms with Crippen LogP contribution in [0.4, 0.5) is 29.8 Å². The molecule has 2 aromatic carbocycles. The molecule has 15 heteroatoms. The molecule has 2 fully saturated rings. The standard InChI is InChI=1S/C26H18ClF2N7O2S.C7H12FN.C2H6/c1-37-26-34-20-17-21(38-8-7-36(25(17)35-26)10-11-3-2-6-33-23(11)31)18(27)16(19(20)29)12-4-5-14(28)22-15(12)13(9-30)24(32)39-22;8-6-4-7-2-1-3-9(7)5-6;1-2/h2-6H,7-8,10,32H2,1H3,(H2,31,33);6-7H,1-5H2;1-2H3. The highest BCUT2D eigenvalue weighted by Crippen LogP contribution is 2.50. The molecule has 50 heavy (non-hydrogen) atoms. The highest BCUT2D eigenvalue weighted by molar-refractivity contribution is 7.23. The summed E-state index contributed by atoms with van der Waals surface area (Å²) in [6.45, 7) is 6.69. The molecular weight excluding hydrogens is 689 g/mol. The Hall–Kier alpha value is -4.58. The number of methoxy groups -OCH3 is 1. The number of benzene rings is 2. The molecule has 0 radical (unpaired) electrons. The van der Waals surface area contributed by atoms with Crippen LogP contribution in [0.2, 0.25) is 5.02 Å². The number of pyridine rings is 1. The Balaban J connectivity index is 0.000000335. The lowest BCUT2D eigenvalue weighted by Crippen LogP contribution is -2.28. The van der Waals surface area contributed by atoms with Gasteiger partial charge in [0.2, 0.25) is 0 Å². The van der Waals surface area contributed by atoms with E-state index in [-0.39, 0.29) is 66.1 Å². The fraction of sp³-hybridized carbons (Fsp3) is 0.371. The molecule has 3 aliphatic rings. The SMILES string of the molecule is CC.COc1nc2c3c(c(Cl)c(-c4ccc(F)c5sc(N)c(C#N)c45)c(F)c3n1)OCCN2Cc1cccnc1N.FC1CC2CCCN2C1. The van der Waals surface area contributed by atoms with Crippen LogP contribution in [-0.2, 0) is 6.54 Å². The Bertz CT molecular complexity index is 2100. The molecule has 2 saturated heterocycles. The van der Waals surface area contributed by atoms with Crippen LogP contribution in [0.5, 0.6) is 11.8 Å². The van der Waals surface area contributed by atoms with Crippen molar-refractivity contribution in [2.75, 3.05) is 49.7 Å². The smallest absolute Gasteiger partial charge is 0.318 e. The van der Waals surface area contributed by atoms with E-state index in [1.165, 1.54) is 32.1 Å². The van der Waals surface area contributed by atoms with Crippen LogP contribution < -0.4 is 25.8 Å². The molecule has 0 amide bonds. The highest BCUT2D eigenvalue weighted by atomic mass is 35.5. The number of fused-ring (bicyclic) bond motifs is 2. The van der Waals surface area contributed by atoms with Gasteiger partial charge < -0.3 is 25.8 Å². The van der Waals surface area contributed by atoms with E-state index in [1.807, 2.05) is 30.9 Å². The van der Waals surface area contributed by atoms with Gasteiger partial charge in [-0.1, -0.05) is 37.6 Å². The average Bonchev–Trinajstić information content (AvgIpc) is 3.77. The number of halogens is 4. The number of nitriles is 1. The fourth-order valence-electron chi connectivity index (χ4n) is 6.77. The third-order valence-corrected chi connectivity index (χ3v) is 10.4. The second kappa shape index (κ2) is 14.7. The molecule has 262 valence electrons. The zero-order chi connectivity index (χ0) is 35.7. The number of thiophene rings is 1. The lowest BCUT2D eigenvalue weighted by atomic mass is 9.96. The molecule has 0 aliphatic carbocycles. The molecule has 0 saturated carbocycles. The number of aromatic nitrogens is 3. The molecule has 5 aromatic rings. The molecule has 2 atom stereocenters. The zero-order valence-electron chi connectivity index (χ0n) is 27.8. The van der Waals surface area contributed by atoms with E-state index >= 15 is 4.39 Å². The number of rotatable bonds is 4. The van der Waals surface area contributed by atoms with E-state index in [9.17, 15) is 14.0 Å². The Morgan fingerprint density at radius 2 is 1.96 bits per heavy atom. The number of nitrogens with two attached hydrogens (primary N) is 2. The van der Waals surface area contributed by atoms with E-state index < -0.39 is 17.8 Å². The zero-order valence-corrected chi connectivity index (χ0v) is 29.3. The highest BCUT2D eigenvalue weighted by Gasteiger charge is 2.35. The maximum Gasteiger partial charge on any atom is 0.318 e. The Kier molecular flexibility index (Phi) is 10.4. The predicted molar refractivity (Wildman–Crippen MR) is 192 cm³/mol. The molecule has 0 spiro atoms. The monoisotopic (exact) mass is 724 g/mol. The molecule has 2 unspecified atom stereocenters. The van der Waals surface area contributed by atoms with Gasteiger partial charge in [0.25, 0.3) is 0 Å². The topological polar surface area (TPSA) is 139 Å².